The zero-order valence-corrected chi connectivity index (χ0v) is 16.4. The number of amides is 1. The van der Waals surface area contributed by atoms with Gasteiger partial charge < -0.3 is 9.47 Å². The molecule has 0 radical (unpaired) electrons. The largest absolute Gasteiger partial charge is 0.337 e. The van der Waals surface area contributed by atoms with Crippen molar-refractivity contribution in [3.05, 3.63) is 65.2 Å². The van der Waals surface area contributed by atoms with E-state index in [1.807, 2.05) is 34.7 Å². The first-order valence-corrected chi connectivity index (χ1v) is 10.0. The van der Waals surface area contributed by atoms with Crippen LogP contribution in [-0.4, -0.2) is 37.9 Å². The molecule has 2 aromatic carbocycles. The Labute approximate surface area is 163 Å². The molecular weight excluding hydrogens is 356 g/mol. The average molecular weight is 379 g/mol. The first kappa shape index (κ1) is 17.8. The highest BCUT2D eigenvalue weighted by Gasteiger charge is 2.21. The zero-order valence-electron chi connectivity index (χ0n) is 15.6. The smallest absolute Gasteiger partial charge is 0.233 e. The van der Waals surface area contributed by atoms with Crippen molar-refractivity contribution < 1.29 is 4.79 Å². The van der Waals surface area contributed by atoms with Crippen molar-refractivity contribution in [1.82, 2.24) is 19.7 Å². The van der Waals surface area contributed by atoms with Gasteiger partial charge in [0, 0.05) is 25.7 Å². The van der Waals surface area contributed by atoms with E-state index in [0.717, 1.165) is 29.5 Å². The van der Waals surface area contributed by atoms with Crippen LogP contribution in [0.1, 0.15) is 16.7 Å². The fourth-order valence-electron chi connectivity index (χ4n) is 3.32. The van der Waals surface area contributed by atoms with Crippen LogP contribution in [0.25, 0.3) is 11.4 Å². The summed E-state index contributed by atoms with van der Waals surface area (Å²) in [6.45, 7) is 3.54. The van der Waals surface area contributed by atoms with Gasteiger partial charge in [0.05, 0.1) is 5.75 Å². The van der Waals surface area contributed by atoms with Crippen molar-refractivity contribution in [2.75, 3.05) is 12.3 Å². The minimum absolute atomic E-state index is 0.148. The summed E-state index contributed by atoms with van der Waals surface area (Å²) >= 11 is 1.45. The highest BCUT2D eigenvalue weighted by atomic mass is 32.2. The van der Waals surface area contributed by atoms with Gasteiger partial charge >= 0.3 is 0 Å². The number of benzene rings is 2. The molecule has 2 heterocycles. The van der Waals surface area contributed by atoms with Crippen molar-refractivity contribution in [3.8, 4) is 11.4 Å². The minimum atomic E-state index is 0.148. The maximum atomic E-state index is 12.7. The standard InChI is InChI=1S/C21H22N4OS/c1-15-7-9-17(10-8-15)20-22-23-21(24(20)2)27-14-19(26)25-12-11-16-5-3-4-6-18(16)13-25/h3-10H,11-14H2,1-2H3. The number of carbonyl (C=O) groups is 1. The van der Waals surface area contributed by atoms with E-state index in [0.29, 0.717) is 12.3 Å². The quantitative estimate of drug-likeness (QED) is 0.653. The van der Waals surface area contributed by atoms with Gasteiger partial charge in [-0.25, -0.2) is 0 Å². The summed E-state index contributed by atoms with van der Waals surface area (Å²) in [6.07, 6.45) is 0.925. The van der Waals surface area contributed by atoms with E-state index < -0.39 is 0 Å². The molecule has 0 N–H and O–H groups in total. The van der Waals surface area contributed by atoms with Crippen LogP contribution in [-0.2, 0) is 24.8 Å². The first-order chi connectivity index (χ1) is 13.1. The van der Waals surface area contributed by atoms with Crippen LogP contribution >= 0.6 is 11.8 Å². The molecule has 0 aliphatic carbocycles. The van der Waals surface area contributed by atoms with E-state index in [9.17, 15) is 4.79 Å². The Kier molecular flexibility index (Phi) is 4.99. The number of nitrogens with zero attached hydrogens (tertiary/aromatic N) is 4. The number of aromatic nitrogens is 3. The fraction of sp³-hybridized carbons (Fsp3) is 0.286. The molecule has 27 heavy (non-hydrogen) atoms. The van der Waals surface area contributed by atoms with Crippen molar-refractivity contribution in [3.63, 3.8) is 0 Å². The summed E-state index contributed by atoms with van der Waals surface area (Å²) in [4.78, 5) is 14.6. The Hall–Kier alpha value is -2.60. The average Bonchev–Trinajstić information content (AvgIpc) is 3.07. The van der Waals surface area contributed by atoms with Gasteiger partial charge in [0.15, 0.2) is 11.0 Å². The van der Waals surface area contributed by atoms with E-state index in [2.05, 4.69) is 47.5 Å². The van der Waals surface area contributed by atoms with Gasteiger partial charge in [-0.05, 0) is 24.5 Å². The lowest BCUT2D eigenvalue weighted by molar-refractivity contribution is -0.129. The van der Waals surface area contributed by atoms with Gasteiger partial charge in [-0.1, -0.05) is 65.9 Å². The molecule has 0 saturated carbocycles. The Morgan fingerprint density at radius 2 is 1.81 bits per heavy atom. The van der Waals surface area contributed by atoms with Gasteiger partial charge in [-0.3, -0.25) is 4.79 Å². The van der Waals surface area contributed by atoms with Crippen LogP contribution in [0.15, 0.2) is 53.7 Å². The maximum absolute atomic E-state index is 12.7. The van der Waals surface area contributed by atoms with Gasteiger partial charge in [-0.15, -0.1) is 10.2 Å². The summed E-state index contributed by atoms with van der Waals surface area (Å²) in [5.74, 6) is 1.34. The molecule has 4 rings (SSSR count). The number of carbonyl (C=O) groups excluding carboxylic acids is 1. The number of fused-ring (bicyclic) bond motifs is 1. The molecule has 0 saturated heterocycles. The highest BCUT2D eigenvalue weighted by Crippen LogP contribution is 2.24. The van der Waals surface area contributed by atoms with Crippen molar-refractivity contribution in [2.24, 2.45) is 7.05 Å². The fourth-order valence-corrected chi connectivity index (χ4v) is 4.13. The lowest BCUT2D eigenvalue weighted by Crippen LogP contribution is -2.37. The van der Waals surface area contributed by atoms with Gasteiger partial charge in [0.1, 0.15) is 0 Å². The SMILES string of the molecule is Cc1ccc(-c2nnc(SCC(=O)N3CCc4ccccc4C3)n2C)cc1. The van der Waals surface area contributed by atoms with Crippen LogP contribution < -0.4 is 0 Å². The highest BCUT2D eigenvalue weighted by molar-refractivity contribution is 7.99. The topological polar surface area (TPSA) is 51.0 Å². The maximum Gasteiger partial charge on any atom is 0.233 e. The van der Waals surface area contributed by atoms with E-state index in [4.69, 9.17) is 0 Å². The van der Waals surface area contributed by atoms with Crippen LogP contribution in [0.5, 0.6) is 0 Å². The van der Waals surface area contributed by atoms with Crippen LogP contribution in [0.2, 0.25) is 0 Å². The normalized spacial score (nSPS) is 13.5. The Morgan fingerprint density at radius 3 is 2.59 bits per heavy atom. The Balaban J connectivity index is 1.41. The molecule has 138 valence electrons. The molecule has 1 aromatic heterocycles. The van der Waals surface area contributed by atoms with E-state index in [-0.39, 0.29) is 5.91 Å². The van der Waals surface area contributed by atoms with Crippen LogP contribution in [0, 0.1) is 6.92 Å². The monoisotopic (exact) mass is 378 g/mol. The third-order valence-corrected chi connectivity index (χ3v) is 5.96. The molecule has 3 aromatic rings. The van der Waals surface area contributed by atoms with Gasteiger partial charge in [0.2, 0.25) is 5.91 Å². The van der Waals surface area contributed by atoms with E-state index in [1.165, 1.54) is 28.5 Å². The van der Waals surface area contributed by atoms with Gasteiger partial charge in [0.25, 0.3) is 0 Å². The number of aryl methyl sites for hydroxylation is 1. The number of hydrogen-bond donors (Lipinski definition) is 0. The zero-order chi connectivity index (χ0) is 18.8. The second-order valence-electron chi connectivity index (χ2n) is 6.85. The molecule has 0 spiro atoms. The summed E-state index contributed by atoms with van der Waals surface area (Å²) < 4.78 is 1.95. The second-order valence-corrected chi connectivity index (χ2v) is 7.80. The lowest BCUT2D eigenvalue weighted by Gasteiger charge is -2.28. The first-order valence-electron chi connectivity index (χ1n) is 9.05. The lowest BCUT2D eigenvalue weighted by atomic mass is 10.00. The summed E-state index contributed by atoms with van der Waals surface area (Å²) in [5, 5.41) is 9.34. The molecule has 1 aliphatic rings. The van der Waals surface area contributed by atoms with E-state index in [1.54, 1.807) is 0 Å². The molecule has 0 atom stereocenters. The summed E-state index contributed by atoms with van der Waals surface area (Å²) in [6, 6.07) is 16.6. The van der Waals surface area contributed by atoms with Crippen molar-refractivity contribution in [1.29, 1.82) is 0 Å². The Bertz CT molecular complexity index is 965. The Morgan fingerprint density at radius 1 is 1.07 bits per heavy atom. The van der Waals surface area contributed by atoms with Crippen molar-refractivity contribution >= 4 is 17.7 Å². The summed E-state index contributed by atoms with van der Waals surface area (Å²) in [5.41, 5.74) is 4.85. The summed E-state index contributed by atoms with van der Waals surface area (Å²) in [7, 11) is 1.94. The van der Waals surface area contributed by atoms with Crippen LogP contribution in [0.3, 0.4) is 0 Å². The predicted octanol–water partition coefficient (Wildman–Crippen LogP) is 3.47. The third kappa shape index (κ3) is 3.76. The molecule has 0 unspecified atom stereocenters. The molecule has 1 amide bonds. The molecule has 0 bridgehead atoms. The van der Waals surface area contributed by atoms with Gasteiger partial charge in [-0.2, -0.15) is 0 Å². The van der Waals surface area contributed by atoms with Crippen molar-refractivity contribution in [2.45, 2.75) is 25.0 Å². The van der Waals surface area contributed by atoms with Crippen LogP contribution in [0.4, 0.5) is 0 Å². The molecule has 6 heteroatoms. The van der Waals surface area contributed by atoms with E-state index >= 15 is 0 Å². The predicted molar refractivity (Wildman–Crippen MR) is 107 cm³/mol. The number of rotatable bonds is 4. The second kappa shape index (κ2) is 7.56. The third-order valence-electron chi connectivity index (χ3n) is 4.95. The number of hydrogen-bond acceptors (Lipinski definition) is 4. The molecule has 1 aliphatic heterocycles. The molecule has 0 fully saturated rings. The molecule has 5 nitrogen and oxygen atoms in total. The minimum Gasteiger partial charge on any atom is -0.337 e. The molecular formula is C21H22N4OS. The number of thioether (sulfide) groups is 1.